The maximum absolute atomic E-state index is 3.83. The van der Waals surface area contributed by atoms with E-state index in [4.69, 9.17) is 0 Å². The van der Waals surface area contributed by atoms with Crippen LogP contribution < -0.4 is 0 Å². The summed E-state index contributed by atoms with van der Waals surface area (Å²) in [6.07, 6.45) is 20.9. The van der Waals surface area contributed by atoms with Crippen molar-refractivity contribution in [2.24, 2.45) is 0 Å². The summed E-state index contributed by atoms with van der Waals surface area (Å²) in [5.41, 5.74) is 0. The van der Waals surface area contributed by atoms with Gasteiger partial charge >= 0.3 is 0 Å². The lowest BCUT2D eigenvalue weighted by molar-refractivity contribution is 0.600. The van der Waals surface area contributed by atoms with Crippen molar-refractivity contribution in [3.8, 4) is 0 Å². The van der Waals surface area contributed by atoms with Crippen molar-refractivity contribution in [1.29, 1.82) is 0 Å². The Kier molecular flexibility index (Phi) is 14.0. The van der Waals surface area contributed by atoms with Gasteiger partial charge in [-0.1, -0.05) is 57.3 Å². The van der Waals surface area contributed by atoms with Crippen LogP contribution in [0.2, 0.25) is 0 Å². The topological polar surface area (TPSA) is 0 Å². The van der Waals surface area contributed by atoms with E-state index in [0.717, 1.165) is 6.42 Å². The highest BCUT2D eigenvalue weighted by atomic mass is 14.0. The van der Waals surface area contributed by atoms with Crippen molar-refractivity contribution in [2.45, 2.75) is 70.6 Å². The van der Waals surface area contributed by atoms with Gasteiger partial charge in [-0.2, -0.15) is 0 Å². The highest BCUT2D eigenvalue weighted by Gasteiger charge is 1.89. The first kappa shape index (κ1) is 15.5. The van der Waals surface area contributed by atoms with Crippen LogP contribution >= 0.6 is 0 Å². The van der Waals surface area contributed by atoms with E-state index in [-0.39, 0.29) is 0 Å². The molecule has 0 aromatic carbocycles. The lowest BCUT2D eigenvalue weighted by Gasteiger charge is -1.99. The summed E-state index contributed by atoms with van der Waals surface area (Å²) in [6, 6.07) is 0. The van der Waals surface area contributed by atoms with Crippen LogP contribution in [0.25, 0.3) is 0 Å². The third kappa shape index (κ3) is 13.5. The molecule has 0 heteroatoms. The molecule has 0 rings (SSSR count). The van der Waals surface area contributed by atoms with E-state index in [1.807, 2.05) is 6.08 Å². The molecular formula is C16H29. The Balaban J connectivity index is 2.98. The Hall–Kier alpha value is -0.520. The third-order valence-electron chi connectivity index (χ3n) is 2.82. The Labute approximate surface area is 103 Å². The molecule has 0 N–H and O–H groups in total. The largest absolute Gasteiger partial charge is 0.103 e. The normalized spacial score (nSPS) is 11.1. The first-order valence-corrected chi connectivity index (χ1v) is 6.97. The lowest BCUT2D eigenvalue weighted by Crippen LogP contribution is -1.79. The predicted octanol–water partition coefficient (Wildman–Crippen LogP) is 5.85. The summed E-state index contributed by atoms with van der Waals surface area (Å²) in [4.78, 5) is 0. The zero-order valence-electron chi connectivity index (χ0n) is 10.9. The molecule has 0 fully saturated rings. The van der Waals surface area contributed by atoms with Crippen LogP contribution in [0.1, 0.15) is 70.6 Å². The molecule has 93 valence electrons. The van der Waals surface area contributed by atoms with Crippen LogP contribution in [-0.4, -0.2) is 0 Å². The summed E-state index contributed by atoms with van der Waals surface area (Å²) >= 11 is 0. The van der Waals surface area contributed by atoms with Gasteiger partial charge in [0.1, 0.15) is 0 Å². The monoisotopic (exact) mass is 221 g/mol. The maximum atomic E-state index is 3.83. The minimum Gasteiger partial charge on any atom is -0.103 e. The second-order valence-corrected chi connectivity index (χ2v) is 4.45. The number of rotatable bonds is 12. The lowest BCUT2D eigenvalue weighted by atomic mass is 10.1. The van der Waals surface area contributed by atoms with Crippen LogP contribution in [0.5, 0.6) is 0 Å². The zero-order chi connectivity index (χ0) is 11.9. The third-order valence-corrected chi connectivity index (χ3v) is 2.82. The molecule has 0 bridgehead atoms. The van der Waals surface area contributed by atoms with E-state index >= 15 is 0 Å². The molecule has 0 spiro atoms. The number of unbranched alkanes of at least 4 members (excludes halogenated alkanes) is 9. The van der Waals surface area contributed by atoms with Crippen LogP contribution in [0, 0.1) is 6.92 Å². The second kappa shape index (κ2) is 14.5. The number of hydrogen-bond donors (Lipinski definition) is 0. The van der Waals surface area contributed by atoms with Crippen LogP contribution in [0.15, 0.2) is 24.8 Å². The summed E-state index contributed by atoms with van der Waals surface area (Å²) in [5, 5.41) is 0. The fraction of sp³-hybridized carbons (Fsp3) is 0.688. The molecule has 0 aliphatic heterocycles. The quantitative estimate of drug-likeness (QED) is 0.286. The molecule has 0 nitrogen and oxygen atoms in total. The van der Waals surface area contributed by atoms with Crippen molar-refractivity contribution in [3.63, 3.8) is 0 Å². The molecule has 0 atom stereocenters. The van der Waals surface area contributed by atoms with Crippen LogP contribution in [0.4, 0.5) is 0 Å². The summed E-state index contributed by atoms with van der Waals surface area (Å²) in [7, 11) is 0. The summed E-state index contributed by atoms with van der Waals surface area (Å²) in [5.74, 6) is 0. The summed E-state index contributed by atoms with van der Waals surface area (Å²) < 4.78 is 0. The van der Waals surface area contributed by atoms with Gasteiger partial charge in [-0.05, 0) is 38.5 Å². The Morgan fingerprint density at radius 1 is 0.625 bits per heavy atom. The van der Waals surface area contributed by atoms with Crippen LogP contribution in [-0.2, 0) is 0 Å². The van der Waals surface area contributed by atoms with Gasteiger partial charge in [0.2, 0.25) is 0 Å². The number of hydrogen-bond acceptors (Lipinski definition) is 0. The molecule has 0 aromatic rings. The summed E-state index contributed by atoms with van der Waals surface area (Å²) in [6.45, 7) is 7.57. The Bertz CT molecular complexity index is 155. The predicted molar refractivity (Wildman–Crippen MR) is 75.5 cm³/mol. The van der Waals surface area contributed by atoms with Crippen molar-refractivity contribution in [2.75, 3.05) is 0 Å². The van der Waals surface area contributed by atoms with Crippen molar-refractivity contribution < 1.29 is 0 Å². The molecule has 16 heavy (non-hydrogen) atoms. The van der Waals surface area contributed by atoms with Crippen molar-refractivity contribution in [3.05, 3.63) is 31.7 Å². The molecule has 0 amide bonds. The van der Waals surface area contributed by atoms with E-state index in [1.54, 1.807) is 0 Å². The molecule has 0 heterocycles. The Morgan fingerprint density at radius 2 is 1.12 bits per heavy atom. The smallest absolute Gasteiger partial charge is 0.0351 e. The molecule has 0 saturated heterocycles. The second-order valence-electron chi connectivity index (χ2n) is 4.45. The molecule has 0 unspecified atom stereocenters. The van der Waals surface area contributed by atoms with Gasteiger partial charge in [0, 0.05) is 0 Å². The molecular weight excluding hydrogens is 192 g/mol. The van der Waals surface area contributed by atoms with Gasteiger partial charge in [0.05, 0.1) is 0 Å². The Morgan fingerprint density at radius 3 is 1.69 bits per heavy atom. The van der Waals surface area contributed by atoms with E-state index in [1.165, 1.54) is 64.2 Å². The minimum atomic E-state index is 1.06. The van der Waals surface area contributed by atoms with Gasteiger partial charge in [0.15, 0.2) is 0 Å². The average Bonchev–Trinajstić information content (AvgIpc) is 2.31. The van der Waals surface area contributed by atoms with Gasteiger partial charge < -0.3 is 0 Å². The van der Waals surface area contributed by atoms with Gasteiger partial charge in [-0.25, -0.2) is 0 Å². The van der Waals surface area contributed by atoms with Crippen molar-refractivity contribution >= 4 is 0 Å². The van der Waals surface area contributed by atoms with E-state index in [2.05, 4.69) is 25.7 Å². The molecule has 0 aromatic heterocycles. The zero-order valence-corrected chi connectivity index (χ0v) is 10.9. The maximum Gasteiger partial charge on any atom is -0.0351 e. The standard InChI is InChI=1S/C16H29/c1-3-5-7-9-11-13-15-16-14-12-10-8-6-4-2/h3,10,12H,1-2,4-9,11,13-16H2. The molecule has 0 saturated carbocycles. The van der Waals surface area contributed by atoms with Crippen molar-refractivity contribution in [1.82, 2.24) is 0 Å². The fourth-order valence-corrected chi connectivity index (χ4v) is 1.76. The van der Waals surface area contributed by atoms with E-state index in [9.17, 15) is 0 Å². The fourth-order valence-electron chi connectivity index (χ4n) is 1.76. The highest BCUT2D eigenvalue weighted by molar-refractivity contribution is 4.81. The first-order valence-electron chi connectivity index (χ1n) is 6.97. The van der Waals surface area contributed by atoms with Gasteiger partial charge in [0.25, 0.3) is 0 Å². The van der Waals surface area contributed by atoms with Gasteiger partial charge in [-0.3, -0.25) is 0 Å². The molecule has 0 aliphatic rings. The number of allylic oxidation sites excluding steroid dienone is 3. The SMILES string of the molecule is [CH2]CCCC=CCCCCCCCCC=C. The molecule has 0 aliphatic carbocycles. The first-order chi connectivity index (χ1) is 7.91. The van der Waals surface area contributed by atoms with Crippen LogP contribution in [0.3, 0.4) is 0 Å². The van der Waals surface area contributed by atoms with Gasteiger partial charge in [-0.15, -0.1) is 6.58 Å². The molecule has 1 radical (unpaired) electrons. The van der Waals surface area contributed by atoms with E-state index < -0.39 is 0 Å². The highest BCUT2D eigenvalue weighted by Crippen LogP contribution is 2.09. The average molecular weight is 221 g/mol. The minimum absolute atomic E-state index is 1.06. The van der Waals surface area contributed by atoms with E-state index in [0.29, 0.717) is 0 Å².